The first kappa shape index (κ1) is 12.0. The van der Waals surface area contributed by atoms with Gasteiger partial charge in [-0.15, -0.1) is 0 Å². The Kier molecular flexibility index (Phi) is 3.04. The van der Waals surface area contributed by atoms with E-state index in [-0.39, 0.29) is 17.8 Å². The van der Waals surface area contributed by atoms with Gasteiger partial charge in [0.1, 0.15) is 0 Å². The smallest absolute Gasteiger partial charge is 0.347 e. The van der Waals surface area contributed by atoms with Crippen LogP contribution in [0.2, 0.25) is 0 Å². The normalized spacial score (nSPS) is 35.3. The van der Waals surface area contributed by atoms with Gasteiger partial charge in [-0.25, -0.2) is 4.79 Å². The number of rotatable bonds is 4. The molecule has 3 fully saturated rings. The monoisotopic (exact) mass is 252 g/mol. The highest BCUT2D eigenvalue weighted by molar-refractivity contribution is 5.81. The molecule has 0 saturated heterocycles. The summed E-state index contributed by atoms with van der Waals surface area (Å²) >= 11 is 0. The molecule has 3 aliphatic rings. The quantitative estimate of drug-likeness (QED) is 0.717. The number of esters is 2. The van der Waals surface area contributed by atoms with Crippen molar-refractivity contribution >= 4 is 11.9 Å². The van der Waals surface area contributed by atoms with Crippen LogP contribution in [0.3, 0.4) is 0 Å². The number of ether oxygens (including phenoxy) is 2. The minimum Gasteiger partial charge on any atom is -0.466 e. The Bertz CT molecular complexity index is 361. The van der Waals surface area contributed by atoms with Gasteiger partial charge in [0, 0.05) is 5.92 Å². The highest BCUT2D eigenvalue weighted by atomic mass is 16.6. The summed E-state index contributed by atoms with van der Waals surface area (Å²) in [5, 5.41) is 0. The fourth-order valence-electron chi connectivity index (χ4n) is 3.60. The van der Waals surface area contributed by atoms with E-state index in [0.29, 0.717) is 11.8 Å². The van der Waals surface area contributed by atoms with Gasteiger partial charge in [0.15, 0.2) is 0 Å². The second-order valence-corrected chi connectivity index (χ2v) is 6.00. The SMILES string of the molecule is COC(=O)[C@@H](OC(=O)[C@@H]1C[C@H]2CC[C@H]1C2)C1CC1. The van der Waals surface area contributed by atoms with Crippen molar-refractivity contribution in [3.05, 3.63) is 0 Å². The van der Waals surface area contributed by atoms with Crippen molar-refractivity contribution in [1.82, 2.24) is 0 Å². The molecular weight excluding hydrogens is 232 g/mol. The predicted molar refractivity (Wildman–Crippen MR) is 63.6 cm³/mol. The van der Waals surface area contributed by atoms with E-state index in [1.165, 1.54) is 20.0 Å². The Labute approximate surface area is 107 Å². The fraction of sp³-hybridized carbons (Fsp3) is 0.857. The van der Waals surface area contributed by atoms with Crippen LogP contribution in [-0.4, -0.2) is 25.2 Å². The Morgan fingerprint density at radius 3 is 2.39 bits per heavy atom. The van der Waals surface area contributed by atoms with E-state index in [1.807, 2.05) is 0 Å². The van der Waals surface area contributed by atoms with E-state index in [0.717, 1.165) is 25.7 Å². The molecule has 3 aliphatic carbocycles. The third-order valence-electron chi connectivity index (χ3n) is 4.77. The topological polar surface area (TPSA) is 52.6 Å². The van der Waals surface area contributed by atoms with E-state index in [2.05, 4.69) is 0 Å². The first-order valence-corrected chi connectivity index (χ1v) is 6.97. The van der Waals surface area contributed by atoms with Gasteiger partial charge in [-0.05, 0) is 43.9 Å². The van der Waals surface area contributed by atoms with Crippen LogP contribution >= 0.6 is 0 Å². The van der Waals surface area contributed by atoms with Gasteiger partial charge >= 0.3 is 11.9 Å². The maximum absolute atomic E-state index is 12.2. The molecule has 0 aromatic carbocycles. The Morgan fingerprint density at radius 1 is 1.11 bits per heavy atom. The maximum atomic E-state index is 12.2. The average molecular weight is 252 g/mol. The van der Waals surface area contributed by atoms with Gasteiger partial charge in [-0.2, -0.15) is 0 Å². The van der Waals surface area contributed by atoms with Gasteiger partial charge in [0.25, 0.3) is 0 Å². The largest absolute Gasteiger partial charge is 0.466 e. The van der Waals surface area contributed by atoms with Crippen LogP contribution in [-0.2, 0) is 19.1 Å². The van der Waals surface area contributed by atoms with Gasteiger partial charge in [0.2, 0.25) is 6.10 Å². The first-order valence-electron chi connectivity index (χ1n) is 6.97. The lowest BCUT2D eigenvalue weighted by Gasteiger charge is -2.23. The Balaban J connectivity index is 1.60. The molecule has 0 aliphatic heterocycles. The molecule has 0 N–H and O–H groups in total. The zero-order chi connectivity index (χ0) is 12.7. The number of hydrogen-bond acceptors (Lipinski definition) is 4. The van der Waals surface area contributed by atoms with Crippen molar-refractivity contribution in [2.24, 2.45) is 23.7 Å². The number of methoxy groups -OCH3 is 1. The molecule has 0 spiro atoms. The van der Waals surface area contributed by atoms with E-state index < -0.39 is 12.1 Å². The predicted octanol–water partition coefficient (Wildman–Crippen LogP) is 1.92. The second-order valence-electron chi connectivity index (χ2n) is 6.00. The van der Waals surface area contributed by atoms with Gasteiger partial charge in [0.05, 0.1) is 13.0 Å². The zero-order valence-corrected chi connectivity index (χ0v) is 10.8. The van der Waals surface area contributed by atoms with Crippen molar-refractivity contribution < 1.29 is 19.1 Å². The van der Waals surface area contributed by atoms with Crippen LogP contribution in [0.25, 0.3) is 0 Å². The minimum atomic E-state index is -0.651. The first-order chi connectivity index (χ1) is 8.69. The van der Waals surface area contributed by atoms with E-state index in [4.69, 9.17) is 9.47 Å². The lowest BCUT2D eigenvalue weighted by molar-refractivity contribution is -0.171. The molecule has 0 radical (unpaired) electrons. The van der Waals surface area contributed by atoms with E-state index in [9.17, 15) is 9.59 Å². The molecule has 3 rings (SSSR count). The summed E-state index contributed by atoms with van der Waals surface area (Å²) in [4.78, 5) is 23.8. The summed E-state index contributed by atoms with van der Waals surface area (Å²) in [6.07, 6.45) is 5.82. The molecule has 3 saturated carbocycles. The lowest BCUT2D eigenvalue weighted by atomic mass is 9.89. The van der Waals surface area contributed by atoms with Crippen LogP contribution in [0.4, 0.5) is 0 Å². The zero-order valence-electron chi connectivity index (χ0n) is 10.8. The van der Waals surface area contributed by atoms with Crippen molar-refractivity contribution in [1.29, 1.82) is 0 Å². The van der Waals surface area contributed by atoms with Gasteiger partial charge < -0.3 is 9.47 Å². The molecule has 0 heterocycles. The lowest BCUT2D eigenvalue weighted by Crippen LogP contribution is -2.34. The van der Waals surface area contributed by atoms with Crippen LogP contribution < -0.4 is 0 Å². The summed E-state index contributed by atoms with van der Waals surface area (Å²) in [7, 11) is 1.35. The third-order valence-corrected chi connectivity index (χ3v) is 4.77. The van der Waals surface area contributed by atoms with Crippen molar-refractivity contribution in [2.75, 3.05) is 7.11 Å². The Hall–Kier alpha value is -1.06. The molecule has 0 aromatic heterocycles. The summed E-state index contributed by atoms with van der Waals surface area (Å²) < 4.78 is 10.2. The van der Waals surface area contributed by atoms with Crippen LogP contribution in [0, 0.1) is 23.7 Å². The van der Waals surface area contributed by atoms with Crippen LogP contribution in [0.5, 0.6) is 0 Å². The van der Waals surface area contributed by atoms with Crippen molar-refractivity contribution in [3.8, 4) is 0 Å². The molecule has 0 aromatic rings. The molecule has 4 heteroatoms. The molecule has 100 valence electrons. The highest BCUT2D eigenvalue weighted by Gasteiger charge is 2.47. The number of carbonyl (C=O) groups is 2. The molecule has 2 bridgehead atoms. The molecule has 0 unspecified atom stereocenters. The van der Waals surface area contributed by atoms with Crippen molar-refractivity contribution in [3.63, 3.8) is 0 Å². The van der Waals surface area contributed by atoms with E-state index in [1.54, 1.807) is 0 Å². The van der Waals surface area contributed by atoms with Gasteiger partial charge in [-0.3, -0.25) is 4.79 Å². The number of carbonyl (C=O) groups excluding carboxylic acids is 2. The molecule has 4 nitrogen and oxygen atoms in total. The minimum absolute atomic E-state index is 0.0367. The fourth-order valence-corrected chi connectivity index (χ4v) is 3.60. The molecule has 0 amide bonds. The van der Waals surface area contributed by atoms with Crippen LogP contribution in [0.1, 0.15) is 38.5 Å². The average Bonchev–Trinajstić information content (AvgIpc) is 3.00. The van der Waals surface area contributed by atoms with Crippen LogP contribution in [0.15, 0.2) is 0 Å². The summed E-state index contributed by atoms with van der Waals surface area (Å²) in [5.41, 5.74) is 0. The third kappa shape index (κ3) is 2.13. The Morgan fingerprint density at radius 2 is 1.89 bits per heavy atom. The number of hydrogen-bond donors (Lipinski definition) is 0. The molecule has 4 atom stereocenters. The van der Waals surface area contributed by atoms with Gasteiger partial charge in [-0.1, -0.05) is 6.42 Å². The highest BCUT2D eigenvalue weighted by Crippen LogP contribution is 2.49. The van der Waals surface area contributed by atoms with Crippen molar-refractivity contribution in [2.45, 2.75) is 44.6 Å². The molecule has 18 heavy (non-hydrogen) atoms. The second kappa shape index (κ2) is 4.56. The maximum Gasteiger partial charge on any atom is 0.347 e. The standard InChI is InChI=1S/C14H20O4/c1-17-14(16)12(9-4-5-9)18-13(15)11-7-8-2-3-10(11)6-8/h8-12H,2-7H2,1H3/t8-,10-,11+,12-/m0/s1. The molecular formula is C14H20O4. The summed E-state index contributed by atoms with van der Waals surface area (Å²) in [6, 6.07) is 0. The summed E-state index contributed by atoms with van der Waals surface area (Å²) in [6.45, 7) is 0. The summed E-state index contributed by atoms with van der Waals surface area (Å²) in [5.74, 6) is 0.887. The number of fused-ring (bicyclic) bond motifs is 2. The van der Waals surface area contributed by atoms with E-state index >= 15 is 0 Å².